The third kappa shape index (κ3) is 5.50. The van der Waals surface area contributed by atoms with Crippen molar-refractivity contribution in [2.24, 2.45) is 5.92 Å². The molecule has 1 aliphatic heterocycles. The Labute approximate surface area is 94.6 Å². The van der Waals surface area contributed by atoms with Gasteiger partial charge in [-0.2, -0.15) is 0 Å². The maximum absolute atomic E-state index is 3.47. The Balaban J connectivity index is 1.98. The van der Waals surface area contributed by atoms with E-state index in [1.807, 2.05) is 7.05 Å². The zero-order valence-corrected chi connectivity index (χ0v) is 10.4. The van der Waals surface area contributed by atoms with Gasteiger partial charge in [0.15, 0.2) is 0 Å². The van der Waals surface area contributed by atoms with Gasteiger partial charge in [0.1, 0.15) is 0 Å². The fourth-order valence-corrected chi connectivity index (χ4v) is 2.24. The van der Waals surface area contributed by atoms with E-state index in [0.717, 1.165) is 19.0 Å². The van der Waals surface area contributed by atoms with Gasteiger partial charge in [0.2, 0.25) is 0 Å². The maximum Gasteiger partial charge on any atom is 0.0107 e. The van der Waals surface area contributed by atoms with Gasteiger partial charge in [-0.1, -0.05) is 6.92 Å². The van der Waals surface area contributed by atoms with Gasteiger partial charge in [-0.25, -0.2) is 0 Å². The Morgan fingerprint density at radius 3 is 2.87 bits per heavy atom. The third-order valence-electron chi connectivity index (χ3n) is 3.20. The first kappa shape index (κ1) is 12.9. The molecule has 1 unspecified atom stereocenters. The second-order valence-corrected chi connectivity index (χ2v) is 4.60. The maximum atomic E-state index is 3.47. The second-order valence-electron chi connectivity index (χ2n) is 4.60. The topological polar surface area (TPSA) is 27.3 Å². The van der Waals surface area contributed by atoms with Crippen LogP contribution in [0.2, 0.25) is 0 Å². The van der Waals surface area contributed by atoms with E-state index < -0.39 is 0 Å². The molecular formula is C12H27N3. The lowest BCUT2D eigenvalue weighted by molar-refractivity contribution is 0.318. The molecule has 3 nitrogen and oxygen atoms in total. The smallest absolute Gasteiger partial charge is 0.0107 e. The molecule has 0 aliphatic carbocycles. The van der Waals surface area contributed by atoms with Crippen LogP contribution < -0.4 is 10.6 Å². The summed E-state index contributed by atoms with van der Waals surface area (Å²) < 4.78 is 0. The highest BCUT2D eigenvalue weighted by atomic mass is 15.2. The average Bonchev–Trinajstić information content (AvgIpc) is 2.69. The molecule has 1 aliphatic rings. The number of hydrogen-bond acceptors (Lipinski definition) is 3. The van der Waals surface area contributed by atoms with Crippen molar-refractivity contribution >= 4 is 0 Å². The summed E-state index contributed by atoms with van der Waals surface area (Å²) in [4.78, 5) is 2.60. The molecule has 0 bridgehead atoms. The molecule has 0 spiro atoms. The van der Waals surface area contributed by atoms with Gasteiger partial charge >= 0.3 is 0 Å². The lowest BCUT2D eigenvalue weighted by atomic mass is 10.1. The number of nitrogens with one attached hydrogen (secondary N) is 2. The molecule has 1 heterocycles. The van der Waals surface area contributed by atoms with Gasteiger partial charge in [0.25, 0.3) is 0 Å². The van der Waals surface area contributed by atoms with Crippen LogP contribution in [-0.4, -0.2) is 51.2 Å². The quantitative estimate of drug-likeness (QED) is 0.587. The van der Waals surface area contributed by atoms with E-state index in [9.17, 15) is 0 Å². The molecule has 0 amide bonds. The second kappa shape index (κ2) is 8.08. The van der Waals surface area contributed by atoms with Crippen molar-refractivity contribution in [3.05, 3.63) is 0 Å². The van der Waals surface area contributed by atoms with Crippen LogP contribution in [0.25, 0.3) is 0 Å². The summed E-state index contributed by atoms with van der Waals surface area (Å²) in [5, 5.41) is 6.70. The lowest BCUT2D eigenvalue weighted by Crippen LogP contribution is -2.31. The number of hydrogen-bond donors (Lipinski definition) is 2. The highest BCUT2D eigenvalue weighted by Gasteiger charge is 2.20. The van der Waals surface area contributed by atoms with E-state index in [0.29, 0.717) is 0 Å². The van der Waals surface area contributed by atoms with Crippen LogP contribution in [0.15, 0.2) is 0 Å². The van der Waals surface area contributed by atoms with Crippen molar-refractivity contribution in [2.75, 3.05) is 46.3 Å². The van der Waals surface area contributed by atoms with Crippen LogP contribution in [0.4, 0.5) is 0 Å². The Morgan fingerprint density at radius 2 is 2.13 bits per heavy atom. The van der Waals surface area contributed by atoms with E-state index in [-0.39, 0.29) is 0 Å². The van der Waals surface area contributed by atoms with Crippen LogP contribution >= 0.6 is 0 Å². The molecule has 0 aromatic carbocycles. The van der Waals surface area contributed by atoms with E-state index >= 15 is 0 Å². The fraction of sp³-hybridized carbons (Fsp3) is 1.00. The highest BCUT2D eigenvalue weighted by Crippen LogP contribution is 2.18. The summed E-state index contributed by atoms with van der Waals surface area (Å²) in [5.74, 6) is 0.934. The van der Waals surface area contributed by atoms with Crippen molar-refractivity contribution in [1.29, 1.82) is 0 Å². The summed E-state index contributed by atoms with van der Waals surface area (Å²) in [6.45, 7) is 9.57. The third-order valence-corrected chi connectivity index (χ3v) is 3.20. The molecule has 0 aromatic heterocycles. The lowest BCUT2D eigenvalue weighted by Gasteiger charge is -2.16. The first-order valence-corrected chi connectivity index (χ1v) is 6.44. The van der Waals surface area contributed by atoms with Gasteiger partial charge < -0.3 is 15.5 Å². The zero-order chi connectivity index (χ0) is 10.9. The molecule has 1 atom stereocenters. The van der Waals surface area contributed by atoms with Gasteiger partial charge in [-0.05, 0) is 51.9 Å². The molecule has 2 N–H and O–H groups in total. The first-order valence-electron chi connectivity index (χ1n) is 6.44. The monoisotopic (exact) mass is 213 g/mol. The minimum Gasteiger partial charge on any atom is -0.320 e. The SMILES string of the molecule is CCCNCCN1CCC(CCNC)C1. The summed E-state index contributed by atoms with van der Waals surface area (Å²) in [7, 11) is 2.04. The Bertz CT molecular complexity index is 150. The predicted molar refractivity (Wildman–Crippen MR) is 66.3 cm³/mol. The van der Waals surface area contributed by atoms with Gasteiger partial charge in [-0.15, -0.1) is 0 Å². The van der Waals surface area contributed by atoms with Crippen LogP contribution in [0.3, 0.4) is 0 Å². The molecular weight excluding hydrogens is 186 g/mol. The van der Waals surface area contributed by atoms with Crippen LogP contribution in [0.5, 0.6) is 0 Å². The van der Waals surface area contributed by atoms with Crippen molar-refractivity contribution < 1.29 is 0 Å². The van der Waals surface area contributed by atoms with Crippen molar-refractivity contribution in [1.82, 2.24) is 15.5 Å². The van der Waals surface area contributed by atoms with Crippen molar-refractivity contribution in [3.63, 3.8) is 0 Å². The minimum absolute atomic E-state index is 0.934. The summed E-state index contributed by atoms with van der Waals surface area (Å²) >= 11 is 0. The van der Waals surface area contributed by atoms with Gasteiger partial charge in [0, 0.05) is 19.6 Å². The normalized spacial score (nSPS) is 22.4. The van der Waals surface area contributed by atoms with Crippen LogP contribution in [-0.2, 0) is 0 Å². The number of nitrogens with zero attached hydrogens (tertiary/aromatic N) is 1. The predicted octanol–water partition coefficient (Wildman–Crippen LogP) is 0.917. The molecule has 1 saturated heterocycles. The molecule has 0 saturated carbocycles. The molecule has 1 rings (SSSR count). The zero-order valence-electron chi connectivity index (χ0n) is 10.4. The largest absolute Gasteiger partial charge is 0.320 e. The highest BCUT2D eigenvalue weighted by molar-refractivity contribution is 4.76. The van der Waals surface area contributed by atoms with Gasteiger partial charge in [-0.3, -0.25) is 0 Å². The average molecular weight is 213 g/mol. The molecule has 0 radical (unpaired) electrons. The number of likely N-dealkylation sites (tertiary alicyclic amines) is 1. The van der Waals surface area contributed by atoms with E-state index in [1.165, 1.54) is 45.4 Å². The number of rotatable bonds is 8. The molecule has 90 valence electrons. The van der Waals surface area contributed by atoms with E-state index in [2.05, 4.69) is 22.5 Å². The van der Waals surface area contributed by atoms with Gasteiger partial charge in [0.05, 0.1) is 0 Å². The first-order chi connectivity index (χ1) is 7.36. The van der Waals surface area contributed by atoms with Crippen molar-refractivity contribution in [2.45, 2.75) is 26.2 Å². The van der Waals surface area contributed by atoms with E-state index in [1.54, 1.807) is 0 Å². The summed E-state index contributed by atoms with van der Waals surface area (Å²) in [6, 6.07) is 0. The standard InChI is InChI=1S/C12H27N3/c1-3-6-14-8-10-15-9-5-12(11-15)4-7-13-2/h12-14H,3-11H2,1-2H3. The molecule has 15 heavy (non-hydrogen) atoms. The summed E-state index contributed by atoms with van der Waals surface area (Å²) in [6.07, 6.45) is 3.98. The fourth-order valence-electron chi connectivity index (χ4n) is 2.24. The van der Waals surface area contributed by atoms with E-state index in [4.69, 9.17) is 0 Å². The molecule has 0 aromatic rings. The Hall–Kier alpha value is -0.120. The minimum atomic E-state index is 0.934. The molecule has 3 heteroatoms. The van der Waals surface area contributed by atoms with Crippen LogP contribution in [0.1, 0.15) is 26.2 Å². The van der Waals surface area contributed by atoms with Crippen molar-refractivity contribution in [3.8, 4) is 0 Å². The van der Waals surface area contributed by atoms with Crippen LogP contribution in [0, 0.1) is 5.92 Å². The summed E-state index contributed by atoms with van der Waals surface area (Å²) in [5.41, 5.74) is 0. The Kier molecular flexibility index (Phi) is 6.98. The molecule has 1 fully saturated rings. The Morgan fingerprint density at radius 1 is 1.27 bits per heavy atom.